The van der Waals surface area contributed by atoms with Gasteiger partial charge in [0.05, 0.1) is 6.54 Å². The topological polar surface area (TPSA) is 73.3 Å². The van der Waals surface area contributed by atoms with Crippen molar-refractivity contribution in [2.45, 2.75) is 20.4 Å². The molecule has 1 aliphatic heterocycles. The summed E-state index contributed by atoms with van der Waals surface area (Å²) >= 11 is 0. The van der Waals surface area contributed by atoms with Gasteiger partial charge in [0, 0.05) is 17.0 Å². The fraction of sp³-hybridized carbons (Fsp3) is 0.312. The van der Waals surface area contributed by atoms with Gasteiger partial charge in [0.2, 0.25) is 0 Å². The van der Waals surface area contributed by atoms with Crippen LogP contribution >= 0.6 is 0 Å². The highest BCUT2D eigenvalue weighted by Gasteiger charge is 2.15. The number of nitrogens with zero attached hydrogens (tertiary/aromatic N) is 2. The monoisotopic (exact) mass is 299 g/mol. The Morgan fingerprint density at radius 1 is 1.09 bits per heavy atom. The SMILES string of the molecule is Cc1cc(C)nc(CNC(=O)c2ccc3c(c2)OCCO3)n1. The van der Waals surface area contributed by atoms with Gasteiger partial charge in [-0.3, -0.25) is 4.79 Å². The van der Waals surface area contributed by atoms with Crippen LogP contribution in [0, 0.1) is 13.8 Å². The van der Waals surface area contributed by atoms with Crippen LogP contribution < -0.4 is 14.8 Å². The van der Waals surface area contributed by atoms with Gasteiger partial charge >= 0.3 is 0 Å². The number of benzene rings is 1. The summed E-state index contributed by atoms with van der Waals surface area (Å²) in [5.74, 6) is 1.67. The molecule has 6 heteroatoms. The number of rotatable bonds is 3. The van der Waals surface area contributed by atoms with Gasteiger partial charge in [-0.15, -0.1) is 0 Å². The van der Waals surface area contributed by atoms with Gasteiger partial charge < -0.3 is 14.8 Å². The number of nitrogens with one attached hydrogen (secondary N) is 1. The van der Waals surface area contributed by atoms with Crippen LogP contribution in [-0.2, 0) is 6.54 Å². The first-order valence-corrected chi connectivity index (χ1v) is 7.11. The van der Waals surface area contributed by atoms with E-state index >= 15 is 0 Å². The van der Waals surface area contributed by atoms with Crippen LogP contribution in [0.3, 0.4) is 0 Å². The summed E-state index contributed by atoms with van der Waals surface area (Å²) < 4.78 is 10.9. The Hall–Kier alpha value is -2.63. The second-order valence-electron chi connectivity index (χ2n) is 5.11. The lowest BCUT2D eigenvalue weighted by molar-refractivity contribution is 0.0948. The molecule has 22 heavy (non-hydrogen) atoms. The Labute approximate surface area is 128 Å². The molecule has 3 rings (SSSR count). The maximum absolute atomic E-state index is 12.2. The highest BCUT2D eigenvalue weighted by Crippen LogP contribution is 2.30. The van der Waals surface area contributed by atoms with Crippen molar-refractivity contribution < 1.29 is 14.3 Å². The molecule has 0 atom stereocenters. The van der Waals surface area contributed by atoms with Crippen LogP contribution in [0.25, 0.3) is 0 Å². The first kappa shape index (κ1) is 14.3. The molecule has 0 fully saturated rings. The molecule has 0 aliphatic carbocycles. The molecule has 1 aromatic heterocycles. The molecule has 0 unspecified atom stereocenters. The molecule has 0 saturated heterocycles. The summed E-state index contributed by atoms with van der Waals surface area (Å²) in [6.45, 7) is 5.12. The van der Waals surface area contributed by atoms with Gasteiger partial charge in [-0.2, -0.15) is 0 Å². The molecule has 114 valence electrons. The summed E-state index contributed by atoms with van der Waals surface area (Å²) in [5, 5.41) is 2.82. The van der Waals surface area contributed by atoms with Crippen LogP contribution in [0.15, 0.2) is 24.3 Å². The minimum Gasteiger partial charge on any atom is -0.486 e. The van der Waals surface area contributed by atoms with Gasteiger partial charge in [0.15, 0.2) is 11.5 Å². The van der Waals surface area contributed by atoms with E-state index in [1.54, 1.807) is 18.2 Å². The van der Waals surface area contributed by atoms with E-state index in [1.165, 1.54) is 0 Å². The number of carbonyl (C=O) groups is 1. The number of carbonyl (C=O) groups excluding carboxylic acids is 1. The molecule has 6 nitrogen and oxygen atoms in total. The summed E-state index contributed by atoms with van der Waals surface area (Å²) in [7, 11) is 0. The third-order valence-corrected chi connectivity index (χ3v) is 3.24. The third-order valence-electron chi connectivity index (χ3n) is 3.24. The van der Waals surface area contributed by atoms with Crippen LogP contribution in [-0.4, -0.2) is 29.1 Å². The van der Waals surface area contributed by atoms with Crippen molar-refractivity contribution in [3.05, 3.63) is 47.0 Å². The van der Waals surface area contributed by atoms with Crippen molar-refractivity contribution in [3.63, 3.8) is 0 Å². The number of aromatic nitrogens is 2. The smallest absolute Gasteiger partial charge is 0.251 e. The van der Waals surface area contributed by atoms with Crippen LogP contribution in [0.2, 0.25) is 0 Å². The summed E-state index contributed by atoms with van der Waals surface area (Å²) in [4.78, 5) is 20.8. The maximum Gasteiger partial charge on any atom is 0.251 e. The molecule has 1 amide bonds. The zero-order valence-electron chi connectivity index (χ0n) is 12.5. The lowest BCUT2D eigenvalue weighted by Crippen LogP contribution is -2.24. The molecule has 2 aromatic rings. The van der Waals surface area contributed by atoms with Crippen molar-refractivity contribution >= 4 is 5.91 Å². The van der Waals surface area contributed by atoms with Crippen molar-refractivity contribution in [3.8, 4) is 11.5 Å². The number of aryl methyl sites for hydroxylation is 2. The molecular formula is C16H17N3O3. The van der Waals surface area contributed by atoms with E-state index < -0.39 is 0 Å². The highest BCUT2D eigenvalue weighted by atomic mass is 16.6. The predicted octanol–water partition coefficient (Wildman–Crippen LogP) is 1.79. The molecule has 0 radical (unpaired) electrons. The van der Waals surface area contributed by atoms with E-state index in [9.17, 15) is 4.79 Å². The Kier molecular flexibility index (Phi) is 3.91. The van der Waals surface area contributed by atoms with Crippen LogP contribution in [0.5, 0.6) is 11.5 Å². The van der Waals surface area contributed by atoms with Crippen molar-refractivity contribution in [2.75, 3.05) is 13.2 Å². The fourth-order valence-corrected chi connectivity index (χ4v) is 2.32. The summed E-state index contributed by atoms with van der Waals surface area (Å²) in [6.07, 6.45) is 0. The van der Waals surface area contributed by atoms with E-state index in [2.05, 4.69) is 15.3 Å². The summed E-state index contributed by atoms with van der Waals surface area (Å²) in [5.41, 5.74) is 2.29. The summed E-state index contributed by atoms with van der Waals surface area (Å²) in [6, 6.07) is 7.04. The number of ether oxygens (including phenoxy) is 2. The average molecular weight is 299 g/mol. The van der Waals surface area contributed by atoms with Gasteiger partial charge in [0.25, 0.3) is 5.91 Å². The van der Waals surface area contributed by atoms with E-state index in [0.29, 0.717) is 36.1 Å². The Bertz CT molecular complexity index is 696. The Balaban J connectivity index is 1.69. The minimum absolute atomic E-state index is 0.195. The lowest BCUT2D eigenvalue weighted by atomic mass is 10.2. The molecule has 1 N–H and O–H groups in total. The highest BCUT2D eigenvalue weighted by molar-refractivity contribution is 5.94. The van der Waals surface area contributed by atoms with Crippen LogP contribution in [0.1, 0.15) is 27.6 Å². The number of fused-ring (bicyclic) bond motifs is 1. The number of amides is 1. The molecule has 0 bridgehead atoms. The Morgan fingerprint density at radius 3 is 2.50 bits per heavy atom. The maximum atomic E-state index is 12.2. The van der Waals surface area contributed by atoms with E-state index in [-0.39, 0.29) is 12.5 Å². The van der Waals surface area contributed by atoms with Crippen molar-refractivity contribution in [1.82, 2.24) is 15.3 Å². The standard InChI is InChI=1S/C16H17N3O3/c1-10-7-11(2)19-15(18-10)9-17-16(20)12-3-4-13-14(8-12)22-6-5-21-13/h3-4,7-8H,5-6,9H2,1-2H3,(H,17,20). The quantitative estimate of drug-likeness (QED) is 0.935. The van der Waals surface area contributed by atoms with Gasteiger partial charge in [-0.05, 0) is 38.1 Å². The van der Waals surface area contributed by atoms with Gasteiger partial charge in [0.1, 0.15) is 19.0 Å². The number of hydrogen-bond donors (Lipinski definition) is 1. The number of hydrogen-bond acceptors (Lipinski definition) is 5. The second-order valence-corrected chi connectivity index (χ2v) is 5.11. The largest absolute Gasteiger partial charge is 0.486 e. The van der Waals surface area contributed by atoms with E-state index in [0.717, 1.165) is 11.4 Å². The van der Waals surface area contributed by atoms with Gasteiger partial charge in [-0.25, -0.2) is 9.97 Å². The molecule has 0 spiro atoms. The first-order chi connectivity index (χ1) is 10.6. The van der Waals surface area contributed by atoms with E-state index in [4.69, 9.17) is 9.47 Å². The fourth-order valence-electron chi connectivity index (χ4n) is 2.32. The molecule has 2 heterocycles. The van der Waals surface area contributed by atoms with Crippen LogP contribution in [0.4, 0.5) is 0 Å². The molecule has 0 saturated carbocycles. The van der Waals surface area contributed by atoms with Crippen molar-refractivity contribution in [1.29, 1.82) is 0 Å². The third kappa shape index (κ3) is 3.16. The Morgan fingerprint density at radius 2 is 1.77 bits per heavy atom. The van der Waals surface area contributed by atoms with Gasteiger partial charge in [-0.1, -0.05) is 0 Å². The second kappa shape index (κ2) is 6.01. The zero-order valence-corrected chi connectivity index (χ0v) is 12.5. The lowest BCUT2D eigenvalue weighted by Gasteiger charge is -2.18. The minimum atomic E-state index is -0.195. The zero-order chi connectivity index (χ0) is 15.5. The molecule has 1 aromatic carbocycles. The average Bonchev–Trinajstić information content (AvgIpc) is 2.51. The first-order valence-electron chi connectivity index (χ1n) is 7.11. The predicted molar refractivity (Wildman–Crippen MR) is 80.1 cm³/mol. The normalized spacial score (nSPS) is 12.8. The molecule has 1 aliphatic rings. The molecular weight excluding hydrogens is 282 g/mol. The van der Waals surface area contributed by atoms with E-state index in [1.807, 2.05) is 19.9 Å². The van der Waals surface area contributed by atoms with Crippen molar-refractivity contribution in [2.24, 2.45) is 0 Å².